The van der Waals surface area contributed by atoms with Gasteiger partial charge in [0, 0.05) is 12.2 Å². The maximum atomic E-state index is 11.2. The Morgan fingerprint density at radius 1 is 1.32 bits per heavy atom. The van der Waals surface area contributed by atoms with Crippen LogP contribution in [0.15, 0.2) is 5.03 Å². The van der Waals surface area contributed by atoms with Gasteiger partial charge in [-0.25, -0.2) is 14.8 Å². The smallest absolute Gasteiger partial charge is 0.340 e. The molecule has 0 saturated carbocycles. The van der Waals surface area contributed by atoms with E-state index in [1.54, 1.807) is 13.8 Å². The van der Waals surface area contributed by atoms with E-state index in [4.69, 9.17) is 5.11 Å². The van der Waals surface area contributed by atoms with Crippen molar-refractivity contribution in [1.82, 2.24) is 9.97 Å². The number of nitrogens with zero attached hydrogens (tertiary/aromatic N) is 2. The molecule has 1 N–H and O–H groups in total. The Hall–Kier alpha value is -1.63. The lowest BCUT2D eigenvalue weighted by Crippen LogP contribution is -2.08. The number of carboxylic acids is 1. The van der Waals surface area contributed by atoms with Crippen LogP contribution < -0.4 is 0 Å². The van der Waals surface area contributed by atoms with E-state index in [0.717, 1.165) is 0 Å². The molecule has 0 spiro atoms. The van der Waals surface area contributed by atoms with Crippen LogP contribution in [0.4, 0.5) is 0 Å². The lowest BCUT2D eigenvalue weighted by Gasteiger charge is -2.08. The van der Waals surface area contributed by atoms with Crippen LogP contribution in [0.25, 0.3) is 0 Å². The van der Waals surface area contributed by atoms with Gasteiger partial charge in [-0.15, -0.1) is 11.8 Å². The molecule has 1 heterocycles. The van der Waals surface area contributed by atoms with Gasteiger partial charge < -0.3 is 9.84 Å². The van der Waals surface area contributed by atoms with E-state index in [1.165, 1.54) is 18.9 Å². The maximum Gasteiger partial charge on any atom is 0.340 e. The Labute approximate surface area is 115 Å². The highest BCUT2D eigenvalue weighted by atomic mass is 32.2. The normalized spacial score (nSPS) is 10.3. The molecule has 0 atom stereocenters. The molecular weight excluding hydrogens is 268 g/mol. The molecule has 0 radical (unpaired) electrons. The van der Waals surface area contributed by atoms with E-state index in [2.05, 4.69) is 14.7 Å². The molecule has 0 aliphatic carbocycles. The van der Waals surface area contributed by atoms with Gasteiger partial charge in [0.15, 0.2) is 0 Å². The first-order valence-electron chi connectivity index (χ1n) is 5.74. The Balaban J connectivity index is 2.72. The van der Waals surface area contributed by atoms with Crippen molar-refractivity contribution < 1.29 is 19.4 Å². The summed E-state index contributed by atoms with van der Waals surface area (Å²) in [6.45, 7) is 3.37. The topological polar surface area (TPSA) is 89.4 Å². The van der Waals surface area contributed by atoms with Crippen LogP contribution >= 0.6 is 11.8 Å². The van der Waals surface area contributed by atoms with E-state index < -0.39 is 5.97 Å². The number of carbonyl (C=O) groups excluding carboxylic acids is 1. The second kappa shape index (κ2) is 7.08. The molecule has 1 aromatic heterocycles. The zero-order valence-corrected chi connectivity index (χ0v) is 11.9. The second-order valence-corrected chi connectivity index (χ2v) is 4.95. The number of hydrogen-bond acceptors (Lipinski definition) is 6. The third-order valence-electron chi connectivity index (χ3n) is 2.37. The Morgan fingerprint density at radius 3 is 2.58 bits per heavy atom. The van der Waals surface area contributed by atoms with Gasteiger partial charge in [-0.1, -0.05) is 0 Å². The zero-order chi connectivity index (χ0) is 14.4. The first-order chi connectivity index (χ1) is 8.95. The average Bonchev–Trinajstić information content (AvgIpc) is 2.32. The van der Waals surface area contributed by atoms with Gasteiger partial charge in [-0.2, -0.15) is 0 Å². The number of methoxy groups -OCH3 is 1. The van der Waals surface area contributed by atoms with Crippen LogP contribution in [0.1, 0.15) is 34.7 Å². The number of aromatic nitrogens is 2. The van der Waals surface area contributed by atoms with Gasteiger partial charge in [-0.05, 0) is 20.3 Å². The van der Waals surface area contributed by atoms with Gasteiger partial charge in [0.1, 0.15) is 16.4 Å². The first-order valence-corrected chi connectivity index (χ1v) is 6.72. The predicted molar refractivity (Wildman–Crippen MR) is 70.4 cm³/mol. The zero-order valence-electron chi connectivity index (χ0n) is 11.1. The molecule has 0 aliphatic heterocycles. The average molecular weight is 284 g/mol. The Morgan fingerprint density at radius 2 is 2.00 bits per heavy atom. The minimum atomic E-state index is -1.03. The molecule has 1 aromatic rings. The fourth-order valence-corrected chi connectivity index (χ4v) is 2.58. The molecule has 104 valence electrons. The number of esters is 1. The molecule has 0 unspecified atom stereocenters. The maximum absolute atomic E-state index is 11.2. The van der Waals surface area contributed by atoms with Crippen molar-refractivity contribution in [2.75, 3.05) is 12.9 Å². The summed E-state index contributed by atoms with van der Waals surface area (Å²) in [6, 6.07) is 0. The van der Waals surface area contributed by atoms with Crippen LogP contribution in [0.2, 0.25) is 0 Å². The molecule has 1 rings (SSSR count). The number of carboxylic acid groups (broad SMARTS) is 1. The number of aryl methyl sites for hydroxylation is 2. The summed E-state index contributed by atoms with van der Waals surface area (Å²) < 4.78 is 4.53. The van der Waals surface area contributed by atoms with Crippen molar-refractivity contribution in [3.63, 3.8) is 0 Å². The van der Waals surface area contributed by atoms with E-state index in [1.807, 2.05) is 0 Å². The lowest BCUT2D eigenvalue weighted by atomic mass is 10.2. The van der Waals surface area contributed by atoms with Crippen molar-refractivity contribution in [1.29, 1.82) is 0 Å². The summed E-state index contributed by atoms with van der Waals surface area (Å²) in [5.74, 6) is -0.161. The van der Waals surface area contributed by atoms with Gasteiger partial charge >= 0.3 is 11.9 Å². The van der Waals surface area contributed by atoms with Crippen LogP contribution in [-0.2, 0) is 9.53 Å². The molecule has 7 heteroatoms. The molecule has 0 saturated heterocycles. The van der Waals surface area contributed by atoms with Crippen LogP contribution in [0.5, 0.6) is 0 Å². The molecular formula is C12H16N2O4S. The standard InChI is InChI=1S/C12H16N2O4S/c1-7-10(12(16)17)11(14-8(2)13-7)19-6-4-5-9(15)18-3/h4-6H2,1-3H3,(H,16,17). The van der Waals surface area contributed by atoms with Crippen LogP contribution in [0, 0.1) is 13.8 Å². The summed E-state index contributed by atoms with van der Waals surface area (Å²) in [5.41, 5.74) is 0.587. The Kier molecular flexibility index (Phi) is 5.75. The Bertz CT molecular complexity index is 491. The largest absolute Gasteiger partial charge is 0.478 e. The molecule has 19 heavy (non-hydrogen) atoms. The van der Waals surface area contributed by atoms with Gasteiger partial charge in [0.05, 0.1) is 12.8 Å². The molecule has 0 amide bonds. The fourth-order valence-electron chi connectivity index (χ4n) is 1.52. The number of ether oxygens (including phenoxy) is 1. The van der Waals surface area contributed by atoms with E-state index in [9.17, 15) is 9.59 Å². The quantitative estimate of drug-likeness (QED) is 0.369. The lowest BCUT2D eigenvalue weighted by molar-refractivity contribution is -0.140. The molecule has 6 nitrogen and oxygen atoms in total. The van der Waals surface area contributed by atoms with E-state index in [-0.39, 0.29) is 11.5 Å². The first kappa shape index (κ1) is 15.4. The third kappa shape index (κ3) is 4.51. The molecule has 0 fully saturated rings. The number of hydrogen-bond donors (Lipinski definition) is 1. The number of thioether (sulfide) groups is 1. The van der Waals surface area contributed by atoms with Crippen molar-refractivity contribution >= 4 is 23.7 Å². The van der Waals surface area contributed by atoms with Gasteiger partial charge in [0.2, 0.25) is 0 Å². The van der Waals surface area contributed by atoms with Crippen LogP contribution in [-0.4, -0.2) is 39.9 Å². The summed E-state index contributed by atoms with van der Waals surface area (Å²) in [4.78, 5) is 30.3. The highest BCUT2D eigenvalue weighted by Gasteiger charge is 2.17. The second-order valence-electron chi connectivity index (χ2n) is 3.87. The number of aromatic carboxylic acids is 1. The van der Waals surface area contributed by atoms with Crippen molar-refractivity contribution in [3.8, 4) is 0 Å². The summed E-state index contributed by atoms with van der Waals surface area (Å²) in [7, 11) is 1.34. The minimum Gasteiger partial charge on any atom is -0.478 e. The molecule has 0 aromatic carbocycles. The monoisotopic (exact) mass is 284 g/mol. The summed E-state index contributed by atoms with van der Waals surface area (Å²) in [6.07, 6.45) is 0.924. The molecule has 0 bridgehead atoms. The van der Waals surface area contributed by atoms with Crippen LogP contribution in [0.3, 0.4) is 0 Å². The predicted octanol–water partition coefficient (Wildman–Crippen LogP) is 1.84. The van der Waals surface area contributed by atoms with Gasteiger partial charge in [-0.3, -0.25) is 4.79 Å². The molecule has 0 aliphatic rings. The van der Waals surface area contributed by atoms with E-state index in [0.29, 0.717) is 35.1 Å². The summed E-state index contributed by atoms with van der Waals surface area (Å²) >= 11 is 1.32. The summed E-state index contributed by atoms with van der Waals surface area (Å²) in [5, 5.41) is 9.60. The van der Waals surface area contributed by atoms with Gasteiger partial charge in [0.25, 0.3) is 0 Å². The third-order valence-corrected chi connectivity index (χ3v) is 3.44. The van der Waals surface area contributed by atoms with Crippen molar-refractivity contribution in [2.45, 2.75) is 31.7 Å². The highest BCUT2D eigenvalue weighted by Crippen LogP contribution is 2.23. The van der Waals surface area contributed by atoms with Crippen molar-refractivity contribution in [3.05, 3.63) is 17.1 Å². The number of rotatable bonds is 6. The number of carbonyl (C=O) groups is 2. The fraction of sp³-hybridized carbons (Fsp3) is 0.500. The van der Waals surface area contributed by atoms with E-state index >= 15 is 0 Å². The highest BCUT2D eigenvalue weighted by molar-refractivity contribution is 7.99. The SMILES string of the molecule is COC(=O)CCCSc1nc(C)nc(C)c1C(=O)O. The minimum absolute atomic E-state index is 0.133. The van der Waals surface area contributed by atoms with Crippen molar-refractivity contribution in [2.24, 2.45) is 0 Å².